The quantitative estimate of drug-likeness (QED) is 0.914. The van der Waals surface area contributed by atoms with Crippen molar-refractivity contribution in [2.45, 2.75) is 57.9 Å². The third kappa shape index (κ3) is 3.63. The minimum atomic E-state index is -0.749. The summed E-state index contributed by atoms with van der Waals surface area (Å²) < 4.78 is 0. The van der Waals surface area contributed by atoms with Crippen LogP contribution in [-0.4, -0.2) is 28.4 Å². The number of carboxylic acid groups (broad SMARTS) is 1. The number of amides is 1. The lowest BCUT2D eigenvalue weighted by Gasteiger charge is -2.39. The first kappa shape index (κ1) is 17.0. The molecule has 130 valence electrons. The molecular weight excluding hydrogens is 302 g/mol. The van der Waals surface area contributed by atoms with E-state index < -0.39 is 5.97 Å². The fourth-order valence-electron chi connectivity index (χ4n) is 4.20. The Morgan fingerprint density at radius 2 is 1.71 bits per heavy atom. The summed E-state index contributed by atoms with van der Waals surface area (Å²) in [6.07, 6.45) is 6.08. The zero-order valence-corrected chi connectivity index (χ0v) is 14.4. The van der Waals surface area contributed by atoms with Gasteiger partial charge in [-0.15, -0.1) is 0 Å². The summed E-state index contributed by atoms with van der Waals surface area (Å²) in [4.78, 5) is 26.4. The SMILES string of the molecule is Cc1ccc(C2CCCCN2C(=O)C2CCCC(C(=O)O)C2)cc1. The standard InChI is InChI=1S/C20H27NO3/c1-14-8-10-15(11-9-14)18-7-2-3-12-21(18)19(22)16-5-4-6-17(13-16)20(23)24/h8-11,16-18H,2-7,12-13H2,1H3,(H,23,24). The molecule has 2 fully saturated rings. The smallest absolute Gasteiger partial charge is 0.306 e. The summed E-state index contributed by atoms with van der Waals surface area (Å²) in [5.41, 5.74) is 2.43. The highest BCUT2D eigenvalue weighted by molar-refractivity contribution is 5.81. The second-order valence-corrected chi connectivity index (χ2v) is 7.35. The largest absolute Gasteiger partial charge is 0.481 e. The van der Waals surface area contributed by atoms with E-state index in [1.807, 2.05) is 4.90 Å². The lowest BCUT2D eigenvalue weighted by molar-refractivity contribution is -0.146. The zero-order chi connectivity index (χ0) is 17.1. The fraction of sp³-hybridized carbons (Fsp3) is 0.600. The minimum Gasteiger partial charge on any atom is -0.481 e. The number of carbonyl (C=O) groups is 2. The van der Waals surface area contributed by atoms with E-state index in [2.05, 4.69) is 31.2 Å². The third-order valence-electron chi connectivity index (χ3n) is 5.62. The highest BCUT2D eigenvalue weighted by Crippen LogP contribution is 2.36. The van der Waals surface area contributed by atoms with Crippen molar-refractivity contribution in [1.29, 1.82) is 0 Å². The summed E-state index contributed by atoms with van der Waals surface area (Å²) in [7, 11) is 0. The Balaban J connectivity index is 1.76. The van der Waals surface area contributed by atoms with E-state index in [9.17, 15) is 14.7 Å². The van der Waals surface area contributed by atoms with Crippen LogP contribution in [0.4, 0.5) is 0 Å². The van der Waals surface area contributed by atoms with Gasteiger partial charge in [0.2, 0.25) is 5.91 Å². The monoisotopic (exact) mass is 329 g/mol. The lowest BCUT2D eigenvalue weighted by atomic mass is 9.80. The number of hydrogen-bond donors (Lipinski definition) is 1. The van der Waals surface area contributed by atoms with Crippen LogP contribution in [-0.2, 0) is 9.59 Å². The maximum absolute atomic E-state index is 13.1. The number of nitrogens with zero attached hydrogens (tertiary/aromatic N) is 1. The first-order valence-corrected chi connectivity index (χ1v) is 9.16. The van der Waals surface area contributed by atoms with Crippen LogP contribution in [0, 0.1) is 18.8 Å². The van der Waals surface area contributed by atoms with E-state index in [1.165, 1.54) is 11.1 Å². The van der Waals surface area contributed by atoms with Crippen molar-refractivity contribution < 1.29 is 14.7 Å². The van der Waals surface area contributed by atoms with Gasteiger partial charge in [-0.25, -0.2) is 0 Å². The van der Waals surface area contributed by atoms with E-state index in [0.717, 1.165) is 38.6 Å². The molecule has 1 saturated carbocycles. The zero-order valence-electron chi connectivity index (χ0n) is 14.4. The molecule has 1 N–H and O–H groups in total. The Morgan fingerprint density at radius 1 is 1.00 bits per heavy atom. The number of carbonyl (C=O) groups excluding carboxylic acids is 1. The average Bonchev–Trinajstić information content (AvgIpc) is 2.62. The van der Waals surface area contributed by atoms with E-state index in [4.69, 9.17) is 0 Å². The predicted molar refractivity (Wildman–Crippen MR) is 92.6 cm³/mol. The van der Waals surface area contributed by atoms with Gasteiger partial charge in [0.25, 0.3) is 0 Å². The van der Waals surface area contributed by atoms with Gasteiger partial charge in [0.05, 0.1) is 12.0 Å². The van der Waals surface area contributed by atoms with Crippen molar-refractivity contribution >= 4 is 11.9 Å². The predicted octanol–water partition coefficient (Wildman–Crippen LogP) is 3.94. The van der Waals surface area contributed by atoms with Gasteiger partial charge in [-0.1, -0.05) is 36.2 Å². The lowest BCUT2D eigenvalue weighted by Crippen LogP contribution is -2.43. The summed E-state index contributed by atoms with van der Waals surface area (Å²) in [5, 5.41) is 9.28. The van der Waals surface area contributed by atoms with Gasteiger partial charge in [0.1, 0.15) is 0 Å². The second kappa shape index (κ2) is 7.37. The van der Waals surface area contributed by atoms with Gasteiger partial charge in [0.15, 0.2) is 0 Å². The van der Waals surface area contributed by atoms with Crippen LogP contribution in [0.1, 0.15) is 62.1 Å². The second-order valence-electron chi connectivity index (χ2n) is 7.35. The van der Waals surface area contributed by atoms with Crippen molar-refractivity contribution in [2.75, 3.05) is 6.54 Å². The Labute approximate surface area is 143 Å². The first-order chi connectivity index (χ1) is 11.6. The van der Waals surface area contributed by atoms with Crippen LogP contribution >= 0.6 is 0 Å². The van der Waals surface area contributed by atoms with Gasteiger partial charge in [-0.05, 0) is 51.0 Å². The molecular formula is C20H27NO3. The highest BCUT2D eigenvalue weighted by atomic mass is 16.4. The third-order valence-corrected chi connectivity index (χ3v) is 5.62. The first-order valence-electron chi connectivity index (χ1n) is 9.16. The molecule has 0 spiro atoms. The average molecular weight is 329 g/mol. The molecule has 1 amide bonds. The number of hydrogen-bond acceptors (Lipinski definition) is 2. The number of aryl methyl sites for hydroxylation is 1. The summed E-state index contributed by atoms with van der Waals surface area (Å²) in [6.45, 7) is 2.87. The van der Waals surface area contributed by atoms with Crippen molar-refractivity contribution in [1.82, 2.24) is 4.90 Å². The van der Waals surface area contributed by atoms with E-state index in [0.29, 0.717) is 12.8 Å². The van der Waals surface area contributed by atoms with Crippen molar-refractivity contribution in [3.05, 3.63) is 35.4 Å². The van der Waals surface area contributed by atoms with E-state index >= 15 is 0 Å². The molecule has 2 aliphatic rings. The molecule has 1 aliphatic heterocycles. The number of carboxylic acids is 1. The molecule has 4 nitrogen and oxygen atoms in total. The van der Waals surface area contributed by atoms with Crippen molar-refractivity contribution in [2.24, 2.45) is 11.8 Å². The van der Waals surface area contributed by atoms with Gasteiger partial charge in [0, 0.05) is 12.5 Å². The van der Waals surface area contributed by atoms with Crippen molar-refractivity contribution in [3.63, 3.8) is 0 Å². The molecule has 3 rings (SSSR count). The number of aliphatic carboxylic acids is 1. The van der Waals surface area contributed by atoms with Crippen molar-refractivity contribution in [3.8, 4) is 0 Å². The van der Waals surface area contributed by atoms with E-state index in [-0.39, 0.29) is 23.8 Å². The fourth-order valence-corrected chi connectivity index (χ4v) is 4.20. The topological polar surface area (TPSA) is 57.6 Å². The Morgan fingerprint density at radius 3 is 2.42 bits per heavy atom. The molecule has 1 aromatic carbocycles. The number of piperidine rings is 1. The van der Waals surface area contributed by atoms with Crippen LogP contribution in [0.3, 0.4) is 0 Å². The molecule has 1 aromatic rings. The Hall–Kier alpha value is -1.84. The van der Waals surface area contributed by atoms with E-state index in [1.54, 1.807) is 0 Å². The summed E-state index contributed by atoms with van der Waals surface area (Å²) in [5.74, 6) is -1.05. The molecule has 4 heteroatoms. The van der Waals surface area contributed by atoms with Gasteiger partial charge < -0.3 is 10.0 Å². The van der Waals surface area contributed by atoms with Crippen LogP contribution in [0.15, 0.2) is 24.3 Å². The Kier molecular flexibility index (Phi) is 5.22. The maximum atomic E-state index is 13.1. The molecule has 24 heavy (non-hydrogen) atoms. The number of likely N-dealkylation sites (tertiary alicyclic amines) is 1. The molecule has 0 aromatic heterocycles. The molecule has 0 radical (unpaired) electrons. The molecule has 1 saturated heterocycles. The normalized spacial score (nSPS) is 27.7. The number of rotatable bonds is 3. The maximum Gasteiger partial charge on any atom is 0.306 e. The van der Waals surface area contributed by atoms with Gasteiger partial charge in [-0.3, -0.25) is 9.59 Å². The summed E-state index contributed by atoms with van der Waals surface area (Å²) in [6, 6.07) is 8.62. The summed E-state index contributed by atoms with van der Waals surface area (Å²) >= 11 is 0. The van der Waals surface area contributed by atoms with Crippen LogP contribution in [0.2, 0.25) is 0 Å². The Bertz CT molecular complexity index is 595. The molecule has 3 unspecified atom stereocenters. The minimum absolute atomic E-state index is 0.120. The van der Waals surface area contributed by atoms with Crippen LogP contribution in [0.25, 0.3) is 0 Å². The van der Waals surface area contributed by atoms with Gasteiger partial charge in [-0.2, -0.15) is 0 Å². The van der Waals surface area contributed by atoms with Crippen LogP contribution < -0.4 is 0 Å². The number of benzene rings is 1. The van der Waals surface area contributed by atoms with Crippen LogP contribution in [0.5, 0.6) is 0 Å². The molecule has 1 heterocycles. The molecule has 0 bridgehead atoms. The highest BCUT2D eigenvalue weighted by Gasteiger charge is 2.36. The van der Waals surface area contributed by atoms with Gasteiger partial charge >= 0.3 is 5.97 Å². The molecule has 3 atom stereocenters. The molecule has 1 aliphatic carbocycles.